The molecule has 98 valence electrons. The summed E-state index contributed by atoms with van der Waals surface area (Å²) in [5.41, 5.74) is 1.61. The molecule has 0 atom stereocenters. The lowest BCUT2D eigenvalue weighted by Crippen LogP contribution is -2.27. The number of halogens is 2. The highest BCUT2D eigenvalue weighted by Crippen LogP contribution is 2.19. The molecule has 18 heavy (non-hydrogen) atoms. The van der Waals surface area contributed by atoms with Crippen molar-refractivity contribution in [3.05, 3.63) is 44.0 Å². The van der Waals surface area contributed by atoms with Gasteiger partial charge in [0.25, 0.3) is 5.91 Å². The zero-order chi connectivity index (χ0) is 13.5. The lowest BCUT2D eigenvalue weighted by molar-refractivity contribution is 0.0926. The van der Waals surface area contributed by atoms with Gasteiger partial charge in [0.05, 0.1) is 18.8 Å². The summed E-state index contributed by atoms with van der Waals surface area (Å²) in [4.78, 5) is 11.9. The van der Waals surface area contributed by atoms with Crippen LogP contribution in [0.1, 0.15) is 17.3 Å². The Morgan fingerprint density at radius 1 is 1.56 bits per heavy atom. The van der Waals surface area contributed by atoms with Crippen molar-refractivity contribution in [2.24, 2.45) is 0 Å². The van der Waals surface area contributed by atoms with Crippen molar-refractivity contribution >= 4 is 44.4 Å². The molecule has 1 aromatic carbocycles. The normalized spacial score (nSPS) is 10.2. The van der Waals surface area contributed by atoms with Crippen LogP contribution in [0.4, 0.5) is 0 Å². The number of ether oxygens (including phenoxy) is 1. The van der Waals surface area contributed by atoms with E-state index in [4.69, 9.17) is 4.74 Å². The molecule has 1 rings (SSSR count). The molecule has 1 amide bonds. The summed E-state index contributed by atoms with van der Waals surface area (Å²) < 4.78 is 7.13. The fourth-order valence-corrected chi connectivity index (χ4v) is 2.17. The third-order valence-electron chi connectivity index (χ3n) is 2.05. The number of hydrogen-bond donors (Lipinski definition) is 1. The van der Waals surface area contributed by atoms with Gasteiger partial charge in [-0.1, -0.05) is 12.2 Å². The van der Waals surface area contributed by atoms with Crippen molar-refractivity contribution in [1.29, 1.82) is 0 Å². The van der Waals surface area contributed by atoms with Crippen LogP contribution in [0, 0.1) is 3.57 Å². The van der Waals surface area contributed by atoms with Crippen LogP contribution in [0.25, 0.3) is 0 Å². The van der Waals surface area contributed by atoms with Gasteiger partial charge in [-0.3, -0.25) is 4.79 Å². The van der Waals surface area contributed by atoms with E-state index in [0.717, 1.165) is 13.6 Å². The van der Waals surface area contributed by atoms with Gasteiger partial charge in [0.1, 0.15) is 0 Å². The van der Waals surface area contributed by atoms with E-state index >= 15 is 0 Å². The highest BCUT2D eigenvalue weighted by Gasteiger charge is 2.09. The highest BCUT2D eigenvalue weighted by molar-refractivity contribution is 14.1. The van der Waals surface area contributed by atoms with Gasteiger partial charge in [0.2, 0.25) is 0 Å². The molecule has 0 aliphatic heterocycles. The van der Waals surface area contributed by atoms with Crippen LogP contribution in [0.15, 0.2) is 34.8 Å². The number of hydrogen-bond acceptors (Lipinski definition) is 2. The molecule has 0 spiro atoms. The summed E-state index contributed by atoms with van der Waals surface area (Å²) in [6.45, 7) is 7.15. The molecule has 0 radical (unpaired) electrons. The van der Waals surface area contributed by atoms with E-state index in [1.165, 1.54) is 0 Å². The molecule has 5 heteroatoms. The minimum absolute atomic E-state index is 0.0979. The molecule has 0 aliphatic carbocycles. The van der Waals surface area contributed by atoms with Crippen LogP contribution in [0.3, 0.4) is 0 Å². The number of carbonyl (C=O) groups excluding carboxylic acids is 1. The Morgan fingerprint density at radius 3 is 2.94 bits per heavy atom. The Labute approximate surface area is 129 Å². The lowest BCUT2D eigenvalue weighted by atomic mass is 10.2. The summed E-state index contributed by atoms with van der Waals surface area (Å²) in [6.07, 6.45) is 0. The number of benzene rings is 1. The number of carbonyl (C=O) groups is 1. The zero-order valence-corrected chi connectivity index (χ0v) is 13.9. The van der Waals surface area contributed by atoms with Crippen LogP contribution in [-0.4, -0.2) is 25.7 Å². The van der Waals surface area contributed by atoms with Gasteiger partial charge in [-0.2, -0.15) is 0 Å². The smallest absolute Gasteiger partial charge is 0.252 e. The quantitative estimate of drug-likeness (QED) is 0.432. The molecular formula is C13H15BrINO2. The van der Waals surface area contributed by atoms with Crippen molar-refractivity contribution in [1.82, 2.24) is 5.32 Å². The van der Waals surface area contributed by atoms with E-state index < -0.39 is 0 Å². The molecule has 0 unspecified atom stereocenters. The second-order valence-corrected chi connectivity index (χ2v) is 5.99. The van der Waals surface area contributed by atoms with Crippen molar-refractivity contribution in [2.45, 2.75) is 6.92 Å². The van der Waals surface area contributed by atoms with Crippen LogP contribution >= 0.6 is 38.5 Å². The van der Waals surface area contributed by atoms with E-state index in [9.17, 15) is 4.79 Å². The maximum absolute atomic E-state index is 11.9. The number of nitrogens with one attached hydrogen (secondary N) is 1. The van der Waals surface area contributed by atoms with E-state index in [0.29, 0.717) is 25.3 Å². The fourth-order valence-electron chi connectivity index (χ4n) is 1.25. The molecule has 0 saturated heterocycles. The van der Waals surface area contributed by atoms with Gasteiger partial charge >= 0.3 is 0 Å². The third-order valence-corrected chi connectivity index (χ3v) is 3.42. The van der Waals surface area contributed by atoms with Gasteiger partial charge in [0.15, 0.2) is 0 Å². The molecule has 0 fully saturated rings. The number of rotatable bonds is 6. The monoisotopic (exact) mass is 423 g/mol. The predicted octanol–water partition coefficient (Wildman–Crippen LogP) is 3.38. The van der Waals surface area contributed by atoms with Crippen molar-refractivity contribution in [3.8, 4) is 0 Å². The maximum atomic E-state index is 11.9. The molecule has 0 heterocycles. The SMILES string of the molecule is C=C(C)COCCNC(=O)c1cc(I)ccc1Br. The van der Waals surface area contributed by atoms with Crippen LogP contribution < -0.4 is 5.32 Å². The molecule has 0 aromatic heterocycles. The molecular weight excluding hydrogens is 409 g/mol. The summed E-state index contributed by atoms with van der Waals surface area (Å²) in [5.74, 6) is -0.0979. The predicted molar refractivity (Wildman–Crippen MR) is 84.8 cm³/mol. The van der Waals surface area contributed by atoms with Gasteiger partial charge in [-0.05, 0) is 63.6 Å². The Bertz CT molecular complexity index is 449. The summed E-state index contributed by atoms with van der Waals surface area (Å²) in [7, 11) is 0. The van der Waals surface area contributed by atoms with Gasteiger partial charge < -0.3 is 10.1 Å². The molecule has 0 bridgehead atoms. The summed E-state index contributed by atoms with van der Waals surface area (Å²) in [5, 5.41) is 2.81. The van der Waals surface area contributed by atoms with E-state index in [1.807, 2.05) is 25.1 Å². The van der Waals surface area contributed by atoms with Gasteiger partial charge in [0, 0.05) is 14.6 Å². The van der Waals surface area contributed by atoms with Crippen molar-refractivity contribution in [2.75, 3.05) is 19.8 Å². The van der Waals surface area contributed by atoms with Crippen LogP contribution in [0.2, 0.25) is 0 Å². The number of amides is 1. The topological polar surface area (TPSA) is 38.3 Å². The van der Waals surface area contributed by atoms with E-state index in [2.05, 4.69) is 50.4 Å². The molecule has 0 aliphatic rings. The summed E-state index contributed by atoms with van der Waals surface area (Å²) >= 11 is 5.54. The molecule has 0 saturated carbocycles. The second-order valence-electron chi connectivity index (χ2n) is 3.89. The maximum Gasteiger partial charge on any atom is 0.252 e. The largest absolute Gasteiger partial charge is 0.375 e. The first-order valence-electron chi connectivity index (χ1n) is 5.46. The van der Waals surface area contributed by atoms with E-state index in [-0.39, 0.29) is 5.91 Å². The summed E-state index contributed by atoms with van der Waals surface area (Å²) in [6, 6.07) is 5.65. The second kappa shape index (κ2) is 7.91. The minimum Gasteiger partial charge on any atom is -0.375 e. The van der Waals surface area contributed by atoms with Gasteiger partial charge in [-0.25, -0.2) is 0 Å². The van der Waals surface area contributed by atoms with Crippen molar-refractivity contribution < 1.29 is 9.53 Å². The zero-order valence-electron chi connectivity index (χ0n) is 10.1. The first kappa shape index (κ1) is 15.7. The third kappa shape index (κ3) is 5.49. The van der Waals surface area contributed by atoms with Crippen LogP contribution in [-0.2, 0) is 4.74 Å². The fraction of sp³-hybridized carbons (Fsp3) is 0.308. The molecule has 1 N–H and O–H groups in total. The first-order valence-corrected chi connectivity index (χ1v) is 7.33. The van der Waals surface area contributed by atoms with E-state index in [1.54, 1.807) is 0 Å². The highest BCUT2D eigenvalue weighted by atomic mass is 127. The van der Waals surface area contributed by atoms with Gasteiger partial charge in [-0.15, -0.1) is 0 Å². The minimum atomic E-state index is -0.0979. The lowest BCUT2D eigenvalue weighted by Gasteiger charge is -2.08. The Hall–Kier alpha value is -0.400. The molecule has 3 nitrogen and oxygen atoms in total. The Kier molecular flexibility index (Phi) is 6.88. The Morgan fingerprint density at radius 2 is 2.28 bits per heavy atom. The van der Waals surface area contributed by atoms with Crippen LogP contribution in [0.5, 0.6) is 0 Å². The Balaban J connectivity index is 2.41. The average Bonchev–Trinajstić information content (AvgIpc) is 2.31. The first-order chi connectivity index (χ1) is 8.50. The average molecular weight is 424 g/mol. The standard InChI is InChI=1S/C13H15BrINO2/c1-9(2)8-18-6-5-16-13(17)11-7-10(15)3-4-12(11)14/h3-4,7H,1,5-6,8H2,2H3,(H,16,17). The van der Waals surface area contributed by atoms with Crippen molar-refractivity contribution in [3.63, 3.8) is 0 Å². The molecule has 1 aromatic rings.